The number of anilines is 2. The highest BCUT2D eigenvalue weighted by Crippen LogP contribution is 2.15. The summed E-state index contributed by atoms with van der Waals surface area (Å²) in [5.41, 5.74) is 1.94. The molecule has 3 amide bonds. The van der Waals surface area contributed by atoms with Crippen LogP contribution in [-0.2, 0) is 4.74 Å². The van der Waals surface area contributed by atoms with E-state index in [1.54, 1.807) is 24.3 Å². The molecule has 3 rings (SSSR count). The van der Waals surface area contributed by atoms with Crippen LogP contribution >= 0.6 is 0 Å². The van der Waals surface area contributed by atoms with Gasteiger partial charge in [0.1, 0.15) is 5.69 Å². The number of carbonyl (C=O) groups excluding carboxylic acids is 3. The molecule has 142 valence electrons. The van der Waals surface area contributed by atoms with Crippen LogP contribution in [0.4, 0.5) is 16.2 Å². The third-order valence-corrected chi connectivity index (χ3v) is 4.25. The van der Waals surface area contributed by atoms with Crippen molar-refractivity contribution in [2.75, 3.05) is 23.8 Å². The maximum Gasteiger partial charge on any atom is 0.319 e. The molecule has 1 aromatic carbocycles. The molecular formula is C19H22N4O4. The lowest BCUT2D eigenvalue weighted by atomic mass is 10.2. The summed E-state index contributed by atoms with van der Waals surface area (Å²) in [7, 11) is 0. The summed E-state index contributed by atoms with van der Waals surface area (Å²) in [6.45, 7) is 2.67. The molecule has 1 fully saturated rings. The zero-order valence-corrected chi connectivity index (χ0v) is 15.0. The van der Waals surface area contributed by atoms with E-state index < -0.39 is 0 Å². The Hall–Kier alpha value is -3.13. The van der Waals surface area contributed by atoms with Gasteiger partial charge in [-0.2, -0.15) is 0 Å². The lowest BCUT2D eigenvalue weighted by Gasteiger charge is -2.12. The van der Waals surface area contributed by atoms with Crippen LogP contribution in [0, 0.1) is 0 Å². The molecule has 0 aliphatic carbocycles. The number of nitrogens with one attached hydrogen (secondary N) is 4. The van der Waals surface area contributed by atoms with E-state index in [1.165, 1.54) is 19.2 Å². The maximum atomic E-state index is 12.2. The van der Waals surface area contributed by atoms with Crippen LogP contribution in [0.25, 0.3) is 0 Å². The average molecular weight is 370 g/mol. The summed E-state index contributed by atoms with van der Waals surface area (Å²) in [5.74, 6) is -0.462. The highest BCUT2D eigenvalue weighted by molar-refractivity contribution is 6.05. The van der Waals surface area contributed by atoms with E-state index in [9.17, 15) is 14.4 Å². The van der Waals surface area contributed by atoms with Gasteiger partial charge < -0.3 is 25.7 Å². The van der Waals surface area contributed by atoms with Crippen molar-refractivity contribution in [2.24, 2.45) is 0 Å². The van der Waals surface area contributed by atoms with Crippen LogP contribution in [0.3, 0.4) is 0 Å². The minimum absolute atomic E-state index is 0.0878. The molecule has 27 heavy (non-hydrogen) atoms. The number of hydrogen-bond donors (Lipinski definition) is 4. The smallest absolute Gasteiger partial charge is 0.319 e. The van der Waals surface area contributed by atoms with Gasteiger partial charge in [-0.05, 0) is 50.1 Å². The second kappa shape index (κ2) is 8.50. The van der Waals surface area contributed by atoms with Crippen molar-refractivity contribution in [1.29, 1.82) is 0 Å². The largest absolute Gasteiger partial charge is 0.376 e. The number of H-pyrrole nitrogens is 1. The number of amides is 3. The number of Topliss-reactive ketones (excluding diaryl/α,β-unsaturated/α-hetero) is 1. The van der Waals surface area contributed by atoms with Crippen LogP contribution in [0.2, 0.25) is 0 Å². The molecule has 2 aromatic rings. The molecule has 0 spiro atoms. The van der Waals surface area contributed by atoms with Crippen LogP contribution in [0.5, 0.6) is 0 Å². The maximum absolute atomic E-state index is 12.2. The molecule has 4 N–H and O–H groups in total. The van der Waals surface area contributed by atoms with Gasteiger partial charge in [0, 0.05) is 36.3 Å². The molecule has 1 atom stereocenters. The van der Waals surface area contributed by atoms with E-state index in [2.05, 4.69) is 20.9 Å². The van der Waals surface area contributed by atoms with E-state index in [0.29, 0.717) is 29.2 Å². The van der Waals surface area contributed by atoms with Crippen LogP contribution < -0.4 is 16.0 Å². The molecular weight excluding hydrogens is 348 g/mol. The first-order valence-corrected chi connectivity index (χ1v) is 8.78. The van der Waals surface area contributed by atoms with Crippen molar-refractivity contribution < 1.29 is 19.1 Å². The minimum atomic E-state index is -0.350. The summed E-state index contributed by atoms with van der Waals surface area (Å²) < 4.78 is 5.45. The number of aromatic amines is 1. The third kappa shape index (κ3) is 5.18. The molecule has 1 aromatic heterocycles. The fourth-order valence-corrected chi connectivity index (χ4v) is 2.75. The summed E-state index contributed by atoms with van der Waals surface area (Å²) in [5, 5.41) is 8.24. The molecule has 0 bridgehead atoms. The van der Waals surface area contributed by atoms with Gasteiger partial charge in [-0.15, -0.1) is 0 Å². The Morgan fingerprint density at radius 2 is 1.85 bits per heavy atom. The van der Waals surface area contributed by atoms with E-state index in [1.807, 2.05) is 0 Å². The van der Waals surface area contributed by atoms with E-state index >= 15 is 0 Å². The van der Waals surface area contributed by atoms with Crippen molar-refractivity contribution in [3.8, 4) is 0 Å². The van der Waals surface area contributed by atoms with E-state index in [-0.39, 0.29) is 23.8 Å². The number of aromatic nitrogens is 1. The van der Waals surface area contributed by atoms with Crippen molar-refractivity contribution in [3.05, 3.63) is 47.8 Å². The van der Waals surface area contributed by atoms with Gasteiger partial charge in [0.2, 0.25) is 0 Å². The normalized spacial score (nSPS) is 16.0. The molecule has 0 radical (unpaired) electrons. The van der Waals surface area contributed by atoms with Gasteiger partial charge in [-0.1, -0.05) is 0 Å². The molecule has 0 unspecified atom stereocenters. The molecule has 1 aliphatic heterocycles. The first kappa shape index (κ1) is 18.7. The standard InChI is InChI=1S/C19H22N4O4/c1-12(24)13-9-17(20-10-13)18(25)22-14-4-6-15(7-5-14)23-19(26)21-11-16-3-2-8-27-16/h4-7,9-10,16,20H,2-3,8,11H2,1H3,(H,22,25)(H2,21,23,26)/t16-/m0/s1. The monoisotopic (exact) mass is 370 g/mol. The fourth-order valence-electron chi connectivity index (χ4n) is 2.75. The number of ether oxygens (including phenoxy) is 1. The molecule has 1 aliphatic rings. The van der Waals surface area contributed by atoms with Gasteiger partial charge in [-0.25, -0.2) is 4.79 Å². The van der Waals surface area contributed by atoms with Crippen LogP contribution in [0.1, 0.15) is 40.6 Å². The Labute approximate surface area is 156 Å². The highest BCUT2D eigenvalue weighted by atomic mass is 16.5. The fraction of sp³-hybridized carbons (Fsp3) is 0.316. The molecule has 1 saturated heterocycles. The number of ketones is 1. The van der Waals surface area contributed by atoms with E-state index in [4.69, 9.17) is 4.74 Å². The summed E-state index contributed by atoms with van der Waals surface area (Å²) in [6.07, 6.45) is 3.58. The number of rotatable bonds is 6. The second-order valence-electron chi connectivity index (χ2n) is 6.36. The Morgan fingerprint density at radius 1 is 1.15 bits per heavy atom. The Bertz CT molecular complexity index is 822. The lowest BCUT2D eigenvalue weighted by molar-refractivity contribution is 0.101. The third-order valence-electron chi connectivity index (χ3n) is 4.25. The number of urea groups is 1. The van der Waals surface area contributed by atoms with Crippen molar-refractivity contribution >= 4 is 29.1 Å². The lowest BCUT2D eigenvalue weighted by Crippen LogP contribution is -2.35. The SMILES string of the molecule is CC(=O)c1c[nH]c(C(=O)Nc2ccc(NC(=O)NC[C@@H]3CCCO3)cc2)c1. The van der Waals surface area contributed by atoms with Crippen LogP contribution in [-0.4, -0.2) is 42.0 Å². The van der Waals surface area contributed by atoms with Crippen molar-refractivity contribution in [3.63, 3.8) is 0 Å². The van der Waals surface area contributed by atoms with Crippen LogP contribution in [0.15, 0.2) is 36.5 Å². The number of hydrogen-bond acceptors (Lipinski definition) is 4. The van der Waals surface area contributed by atoms with Gasteiger partial charge in [0.15, 0.2) is 5.78 Å². The highest BCUT2D eigenvalue weighted by Gasteiger charge is 2.16. The van der Waals surface area contributed by atoms with Gasteiger partial charge in [0.25, 0.3) is 5.91 Å². The minimum Gasteiger partial charge on any atom is -0.376 e. The van der Waals surface area contributed by atoms with Gasteiger partial charge >= 0.3 is 6.03 Å². The van der Waals surface area contributed by atoms with Gasteiger partial charge in [-0.3, -0.25) is 9.59 Å². The number of carbonyl (C=O) groups is 3. The van der Waals surface area contributed by atoms with Crippen molar-refractivity contribution in [2.45, 2.75) is 25.9 Å². The topological polar surface area (TPSA) is 112 Å². The van der Waals surface area contributed by atoms with Gasteiger partial charge in [0.05, 0.1) is 6.10 Å². The molecule has 0 saturated carbocycles. The van der Waals surface area contributed by atoms with E-state index in [0.717, 1.165) is 19.4 Å². The van der Waals surface area contributed by atoms with Crippen molar-refractivity contribution in [1.82, 2.24) is 10.3 Å². The molecule has 8 heteroatoms. The summed E-state index contributed by atoms with van der Waals surface area (Å²) in [6, 6.07) is 7.95. The first-order valence-electron chi connectivity index (χ1n) is 8.78. The molecule has 8 nitrogen and oxygen atoms in total. The zero-order valence-electron chi connectivity index (χ0n) is 15.0. The average Bonchev–Trinajstić information content (AvgIpc) is 3.33. The predicted octanol–water partition coefficient (Wildman–Crippen LogP) is 2.77. The Balaban J connectivity index is 1.49. The Kier molecular flexibility index (Phi) is 5.87. The molecule has 2 heterocycles. The second-order valence-corrected chi connectivity index (χ2v) is 6.36. The summed E-state index contributed by atoms with van der Waals surface area (Å²) in [4.78, 5) is 38.1. The summed E-state index contributed by atoms with van der Waals surface area (Å²) >= 11 is 0. The first-order chi connectivity index (χ1) is 13.0. The Morgan fingerprint density at radius 3 is 2.44 bits per heavy atom. The number of benzene rings is 1. The predicted molar refractivity (Wildman–Crippen MR) is 101 cm³/mol. The zero-order chi connectivity index (χ0) is 19.2. The quantitative estimate of drug-likeness (QED) is 0.586.